The van der Waals surface area contributed by atoms with Gasteiger partial charge in [-0.1, -0.05) is 11.6 Å². The van der Waals surface area contributed by atoms with E-state index in [2.05, 4.69) is 23.5 Å². The third-order valence-electron chi connectivity index (χ3n) is 3.55. The standard InChI is InChI=1S/C16H18ClNOS/c17-16-10-9-15(20-16)11-18-12-5-7-14(8-6-12)19-13-3-1-2-4-13/h5-10,13,18H,1-4,11H2. The van der Waals surface area contributed by atoms with Crippen LogP contribution in [-0.4, -0.2) is 6.10 Å². The Morgan fingerprint density at radius 2 is 1.85 bits per heavy atom. The highest BCUT2D eigenvalue weighted by atomic mass is 35.5. The molecule has 20 heavy (non-hydrogen) atoms. The molecular formula is C16H18ClNOS. The summed E-state index contributed by atoms with van der Waals surface area (Å²) in [7, 11) is 0. The van der Waals surface area contributed by atoms with Crippen LogP contribution in [0.15, 0.2) is 36.4 Å². The van der Waals surface area contributed by atoms with Crippen LogP contribution in [0.4, 0.5) is 5.69 Å². The molecule has 1 aromatic heterocycles. The summed E-state index contributed by atoms with van der Waals surface area (Å²) >= 11 is 7.53. The van der Waals surface area contributed by atoms with Crippen LogP contribution in [0.1, 0.15) is 30.6 Å². The number of ether oxygens (including phenoxy) is 1. The zero-order valence-corrected chi connectivity index (χ0v) is 12.8. The van der Waals surface area contributed by atoms with Gasteiger partial charge in [-0.25, -0.2) is 0 Å². The van der Waals surface area contributed by atoms with Gasteiger partial charge in [-0.3, -0.25) is 0 Å². The molecule has 1 N–H and O–H groups in total. The fourth-order valence-electron chi connectivity index (χ4n) is 2.49. The lowest BCUT2D eigenvalue weighted by atomic mass is 10.2. The van der Waals surface area contributed by atoms with Crippen LogP contribution in [0.5, 0.6) is 5.75 Å². The van der Waals surface area contributed by atoms with Crippen molar-refractivity contribution < 1.29 is 4.74 Å². The largest absolute Gasteiger partial charge is 0.490 e. The van der Waals surface area contributed by atoms with Gasteiger partial charge in [0.1, 0.15) is 5.75 Å². The maximum absolute atomic E-state index is 5.95. The molecule has 1 fully saturated rings. The van der Waals surface area contributed by atoms with Crippen LogP contribution >= 0.6 is 22.9 Å². The molecule has 3 rings (SSSR count). The van der Waals surface area contributed by atoms with E-state index in [1.165, 1.54) is 30.6 Å². The van der Waals surface area contributed by atoms with Crippen LogP contribution in [0.2, 0.25) is 4.34 Å². The van der Waals surface area contributed by atoms with Crippen molar-refractivity contribution in [2.75, 3.05) is 5.32 Å². The summed E-state index contributed by atoms with van der Waals surface area (Å²) in [5, 5.41) is 3.39. The second-order valence-corrected chi connectivity index (χ2v) is 6.91. The van der Waals surface area contributed by atoms with Crippen molar-refractivity contribution in [2.45, 2.75) is 38.3 Å². The predicted molar refractivity (Wildman–Crippen MR) is 86.0 cm³/mol. The second-order valence-electron chi connectivity index (χ2n) is 5.11. The average Bonchev–Trinajstić information content (AvgIpc) is 3.10. The number of hydrogen-bond donors (Lipinski definition) is 1. The molecule has 1 aliphatic rings. The van der Waals surface area contributed by atoms with E-state index in [1.807, 2.05) is 18.2 Å². The zero-order valence-electron chi connectivity index (χ0n) is 11.3. The Balaban J connectivity index is 1.52. The highest BCUT2D eigenvalue weighted by molar-refractivity contribution is 7.16. The summed E-state index contributed by atoms with van der Waals surface area (Å²) < 4.78 is 6.79. The van der Waals surface area contributed by atoms with Crippen molar-refractivity contribution >= 4 is 28.6 Å². The fourth-order valence-corrected chi connectivity index (χ4v) is 3.51. The first-order valence-corrected chi connectivity index (χ1v) is 8.24. The van der Waals surface area contributed by atoms with Gasteiger partial charge in [-0.15, -0.1) is 11.3 Å². The Kier molecular flexibility index (Phi) is 4.48. The van der Waals surface area contributed by atoms with E-state index >= 15 is 0 Å². The third-order valence-corrected chi connectivity index (χ3v) is 4.79. The number of benzene rings is 1. The van der Waals surface area contributed by atoms with Crippen molar-refractivity contribution in [2.24, 2.45) is 0 Å². The van der Waals surface area contributed by atoms with E-state index in [1.54, 1.807) is 11.3 Å². The minimum atomic E-state index is 0.419. The number of hydrogen-bond acceptors (Lipinski definition) is 3. The van der Waals surface area contributed by atoms with Crippen LogP contribution in [0, 0.1) is 0 Å². The maximum atomic E-state index is 5.95. The summed E-state index contributed by atoms with van der Waals surface area (Å²) in [4.78, 5) is 1.24. The van der Waals surface area contributed by atoms with Gasteiger partial charge in [0, 0.05) is 17.1 Å². The van der Waals surface area contributed by atoms with Crippen molar-refractivity contribution in [3.8, 4) is 5.75 Å². The maximum Gasteiger partial charge on any atom is 0.119 e. The van der Waals surface area contributed by atoms with E-state index in [0.717, 1.165) is 22.3 Å². The highest BCUT2D eigenvalue weighted by Crippen LogP contribution is 2.26. The summed E-state index contributed by atoms with van der Waals surface area (Å²) in [6.45, 7) is 0.806. The topological polar surface area (TPSA) is 21.3 Å². The predicted octanol–water partition coefficient (Wildman–Crippen LogP) is 5.34. The van der Waals surface area contributed by atoms with Gasteiger partial charge in [-0.2, -0.15) is 0 Å². The molecule has 1 saturated carbocycles. The molecule has 0 spiro atoms. The molecule has 0 aliphatic heterocycles. The lowest BCUT2D eigenvalue weighted by Crippen LogP contribution is -2.10. The smallest absolute Gasteiger partial charge is 0.119 e. The van der Waals surface area contributed by atoms with E-state index < -0.39 is 0 Å². The Morgan fingerprint density at radius 3 is 2.50 bits per heavy atom. The molecule has 0 bridgehead atoms. The molecule has 106 valence electrons. The first-order valence-electron chi connectivity index (χ1n) is 7.04. The number of rotatable bonds is 5. The number of halogens is 1. The molecule has 4 heteroatoms. The monoisotopic (exact) mass is 307 g/mol. The van der Waals surface area contributed by atoms with Gasteiger partial charge >= 0.3 is 0 Å². The van der Waals surface area contributed by atoms with E-state index in [0.29, 0.717) is 6.10 Å². The lowest BCUT2D eigenvalue weighted by Gasteiger charge is -2.13. The second kappa shape index (κ2) is 6.51. The molecule has 0 unspecified atom stereocenters. The molecule has 2 nitrogen and oxygen atoms in total. The summed E-state index contributed by atoms with van der Waals surface area (Å²) in [5.41, 5.74) is 1.10. The molecule has 2 aromatic rings. The van der Waals surface area contributed by atoms with Gasteiger partial charge < -0.3 is 10.1 Å². The average molecular weight is 308 g/mol. The Bertz CT molecular complexity index is 546. The Morgan fingerprint density at radius 1 is 1.10 bits per heavy atom. The van der Waals surface area contributed by atoms with E-state index in [9.17, 15) is 0 Å². The Labute approximate surface area is 128 Å². The van der Waals surface area contributed by atoms with Crippen molar-refractivity contribution in [1.82, 2.24) is 0 Å². The molecule has 0 saturated heterocycles. The summed E-state index contributed by atoms with van der Waals surface area (Å²) in [6.07, 6.45) is 5.40. The quantitative estimate of drug-likeness (QED) is 0.805. The number of nitrogens with one attached hydrogen (secondary N) is 1. The van der Waals surface area contributed by atoms with Crippen LogP contribution in [0.3, 0.4) is 0 Å². The van der Waals surface area contributed by atoms with Crippen LogP contribution in [-0.2, 0) is 6.54 Å². The highest BCUT2D eigenvalue weighted by Gasteiger charge is 2.16. The minimum absolute atomic E-state index is 0.419. The zero-order chi connectivity index (χ0) is 13.8. The van der Waals surface area contributed by atoms with Crippen LogP contribution in [0.25, 0.3) is 0 Å². The molecular weight excluding hydrogens is 290 g/mol. The van der Waals surface area contributed by atoms with Crippen molar-refractivity contribution in [3.63, 3.8) is 0 Å². The summed E-state index contributed by atoms with van der Waals surface area (Å²) in [5.74, 6) is 0.974. The fraction of sp³-hybridized carbons (Fsp3) is 0.375. The molecule has 0 atom stereocenters. The number of thiophene rings is 1. The normalized spacial score (nSPS) is 15.4. The van der Waals surface area contributed by atoms with Gasteiger partial charge in [-0.05, 0) is 62.1 Å². The van der Waals surface area contributed by atoms with Gasteiger partial charge in [0.05, 0.1) is 10.4 Å². The van der Waals surface area contributed by atoms with Gasteiger partial charge in [0.25, 0.3) is 0 Å². The lowest BCUT2D eigenvalue weighted by molar-refractivity contribution is 0.210. The van der Waals surface area contributed by atoms with E-state index in [-0.39, 0.29) is 0 Å². The molecule has 0 amide bonds. The van der Waals surface area contributed by atoms with Gasteiger partial charge in [0.2, 0.25) is 0 Å². The Hall–Kier alpha value is -1.19. The molecule has 1 heterocycles. The first-order chi connectivity index (χ1) is 9.79. The number of anilines is 1. The third kappa shape index (κ3) is 3.68. The molecule has 0 radical (unpaired) electrons. The SMILES string of the molecule is Clc1ccc(CNc2ccc(OC3CCCC3)cc2)s1. The van der Waals surface area contributed by atoms with Crippen LogP contribution < -0.4 is 10.1 Å². The van der Waals surface area contributed by atoms with Crippen molar-refractivity contribution in [1.29, 1.82) is 0 Å². The van der Waals surface area contributed by atoms with Gasteiger partial charge in [0.15, 0.2) is 0 Å². The minimum Gasteiger partial charge on any atom is -0.490 e. The van der Waals surface area contributed by atoms with Crippen molar-refractivity contribution in [3.05, 3.63) is 45.6 Å². The first kappa shape index (κ1) is 13.8. The van der Waals surface area contributed by atoms with E-state index in [4.69, 9.17) is 16.3 Å². The molecule has 1 aliphatic carbocycles. The summed E-state index contributed by atoms with van der Waals surface area (Å²) in [6, 6.07) is 12.2. The molecule has 1 aromatic carbocycles.